The zero-order chi connectivity index (χ0) is 13.7. The van der Waals surface area contributed by atoms with Crippen molar-refractivity contribution in [1.29, 1.82) is 5.41 Å². The first-order chi connectivity index (χ1) is 8.40. The summed E-state index contributed by atoms with van der Waals surface area (Å²) in [4.78, 5) is 2.45. The average Bonchev–Trinajstić information content (AvgIpc) is 2.27. The highest BCUT2D eigenvalue weighted by molar-refractivity contribution is 5.95. The second-order valence-corrected chi connectivity index (χ2v) is 5.53. The third kappa shape index (κ3) is 4.49. The topological polar surface area (TPSA) is 53.1 Å². The van der Waals surface area contributed by atoms with E-state index in [4.69, 9.17) is 11.1 Å². The number of nitrogens with zero attached hydrogens (tertiary/aromatic N) is 1. The molecule has 0 atom stereocenters. The first kappa shape index (κ1) is 14.7. The summed E-state index contributed by atoms with van der Waals surface area (Å²) in [5.74, 6) is 0.792. The lowest BCUT2D eigenvalue weighted by Gasteiger charge is -2.28. The van der Waals surface area contributed by atoms with Gasteiger partial charge in [0.05, 0.1) is 0 Å². The molecule has 100 valence electrons. The molecule has 1 aromatic rings. The van der Waals surface area contributed by atoms with Crippen LogP contribution in [0, 0.1) is 11.3 Å². The Kier molecular flexibility index (Phi) is 5.35. The van der Waals surface area contributed by atoms with Gasteiger partial charge in [0, 0.05) is 24.7 Å². The summed E-state index contributed by atoms with van der Waals surface area (Å²) in [7, 11) is 0. The molecule has 0 aromatic heterocycles. The predicted molar refractivity (Wildman–Crippen MR) is 77.8 cm³/mol. The molecule has 0 unspecified atom stereocenters. The van der Waals surface area contributed by atoms with Crippen LogP contribution in [0.1, 0.15) is 38.8 Å². The van der Waals surface area contributed by atoms with Crippen molar-refractivity contribution in [1.82, 2.24) is 4.90 Å². The molecule has 0 aliphatic carbocycles. The number of nitrogens with one attached hydrogen (secondary N) is 1. The Balaban J connectivity index is 2.80. The molecule has 1 aromatic carbocycles. The molecule has 0 aliphatic rings. The van der Waals surface area contributed by atoms with Gasteiger partial charge in [-0.2, -0.15) is 0 Å². The van der Waals surface area contributed by atoms with Gasteiger partial charge in [0.2, 0.25) is 0 Å². The maximum Gasteiger partial charge on any atom is 0.122 e. The molecular weight excluding hydrogens is 222 g/mol. The van der Waals surface area contributed by atoms with Crippen LogP contribution in [-0.4, -0.2) is 23.3 Å². The minimum atomic E-state index is 0.136. The van der Waals surface area contributed by atoms with Crippen molar-refractivity contribution in [3.05, 3.63) is 35.4 Å². The second-order valence-electron chi connectivity index (χ2n) is 5.53. The van der Waals surface area contributed by atoms with Crippen LogP contribution < -0.4 is 5.73 Å². The molecule has 0 saturated carbocycles. The molecular formula is C15H25N3. The fraction of sp³-hybridized carbons (Fsp3) is 0.533. The minimum Gasteiger partial charge on any atom is -0.384 e. The highest BCUT2D eigenvalue weighted by Crippen LogP contribution is 2.12. The molecule has 0 heterocycles. The lowest BCUT2D eigenvalue weighted by Crippen LogP contribution is -2.33. The highest BCUT2D eigenvalue weighted by atomic mass is 15.1. The fourth-order valence-corrected chi connectivity index (χ4v) is 2.00. The van der Waals surface area contributed by atoms with Crippen LogP contribution in [0.25, 0.3) is 0 Å². The summed E-state index contributed by atoms with van der Waals surface area (Å²) in [6.07, 6.45) is 0. The largest absolute Gasteiger partial charge is 0.384 e. The Morgan fingerprint density at radius 2 is 1.94 bits per heavy atom. The molecule has 3 N–H and O–H groups in total. The first-order valence-corrected chi connectivity index (χ1v) is 6.57. The maximum absolute atomic E-state index is 7.48. The maximum atomic E-state index is 7.48. The molecule has 0 fully saturated rings. The van der Waals surface area contributed by atoms with Crippen molar-refractivity contribution in [2.24, 2.45) is 11.7 Å². The Morgan fingerprint density at radius 1 is 1.28 bits per heavy atom. The zero-order valence-electron chi connectivity index (χ0n) is 11.9. The average molecular weight is 247 g/mol. The molecule has 1 rings (SSSR count). The van der Waals surface area contributed by atoms with Crippen molar-refractivity contribution < 1.29 is 0 Å². The number of nitrogens with two attached hydrogens (primary N) is 1. The molecule has 3 nitrogen and oxygen atoms in total. The molecule has 3 heteroatoms. The van der Waals surface area contributed by atoms with Gasteiger partial charge >= 0.3 is 0 Å². The monoisotopic (exact) mass is 247 g/mol. The van der Waals surface area contributed by atoms with E-state index in [9.17, 15) is 0 Å². The van der Waals surface area contributed by atoms with E-state index >= 15 is 0 Å². The van der Waals surface area contributed by atoms with Crippen LogP contribution in [0.4, 0.5) is 0 Å². The van der Waals surface area contributed by atoms with Gasteiger partial charge < -0.3 is 5.73 Å². The zero-order valence-corrected chi connectivity index (χ0v) is 11.9. The van der Waals surface area contributed by atoms with E-state index in [2.05, 4.69) is 38.7 Å². The first-order valence-electron chi connectivity index (χ1n) is 6.57. The minimum absolute atomic E-state index is 0.136. The van der Waals surface area contributed by atoms with Crippen LogP contribution in [0.2, 0.25) is 0 Å². The lowest BCUT2D eigenvalue weighted by molar-refractivity contribution is 0.189. The number of hydrogen-bond donors (Lipinski definition) is 2. The molecule has 0 amide bonds. The lowest BCUT2D eigenvalue weighted by atomic mass is 10.1. The van der Waals surface area contributed by atoms with E-state index in [1.165, 1.54) is 5.56 Å². The van der Waals surface area contributed by atoms with Crippen LogP contribution in [0.3, 0.4) is 0 Å². The van der Waals surface area contributed by atoms with Crippen molar-refractivity contribution in [3.63, 3.8) is 0 Å². The van der Waals surface area contributed by atoms with Crippen molar-refractivity contribution in [2.75, 3.05) is 6.54 Å². The number of benzene rings is 1. The summed E-state index contributed by atoms with van der Waals surface area (Å²) in [5.41, 5.74) is 7.55. The predicted octanol–water partition coefficient (Wildman–Crippen LogP) is 2.84. The third-order valence-electron chi connectivity index (χ3n) is 2.95. The number of nitrogen functional groups attached to an aromatic ring is 1. The van der Waals surface area contributed by atoms with Crippen LogP contribution in [-0.2, 0) is 6.54 Å². The quantitative estimate of drug-likeness (QED) is 0.600. The summed E-state index contributed by atoms with van der Waals surface area (Å²) in [6, 6.07) is 8.49. The fourth-order valence-electron chi connectivity index (χ4n) is 2.00. The van der Waals surface area contributed by atoms with Gasteiger partial charge in [-0.15, -0.1) is 0 Å². The standard InChI is InChI=1S/C15H25N3/c1-11(2)9-18(12(3)4)10-13-6-5-7-14(8-13)15(16)17/h5-8,11-12H,9-10H2,1-4H3,(H3,16,17). The van der Waals surface area contributed by atoms with E-state index in [0.29, 0.717) is 12.0 Å². The Morgan fingerprint density at radius 3 is 2.44 bits per heavy atom. The summed E-state index contributed by atoms with van der Waals surface area (Å²) in [5, 5.41) is 7.48. The molecule has 0 bridgehead atoms. The SMILES string of the molecule is CC(C)CN(Cc1cccc(C(=N)N)c1)C(C)C. The van der Waals surface area contributed by atoms with Crippen molar-refractivity contribution in [2.45, 2.75) is 40.3 Å². The van der Waals surface area contributed by atoms with Gasteiger partial charge in [-0.05, 0) is 31.4 Å². The number of hydrogen-bond acceptors (Lipinski definition) is 2. The molecule has 0 aliphatic heterocycles. The van der Waals surface area contributed by atoms with E-state index in [1.54, 1.807) is 0 Å². The summed E-state index contributed by atoms with van der Waals surface area (Å²) < 4.78 is 0. The highest BCUT2D eigenvalue weighted by Gasteiger charge is 2.12. The van der Waals surface area contributed by atoms with E-state index in [1.807, 2.05) is 18.2 Å². The van der Waals surface area contributed by atoms with Crippen molar-refractivity contribution >= 4 is 5.84 Å². The second kappa shape index (κ2) is 6.55. The van der Waals surface area contributed by atoms with Gasteiger partial charge in [-0.1, -0.05) is 32.0 Å². The molecule has 0 saturated heterocycles. The van der Waals surface area contributed by atoms with Crippen molar-refractivity contribution in [3.8, 4) is 0 Å². The third-order valence-corrected chi connectivity index (χ3v) is 2.95. The Bertz CT molecular complexity index is 396. The van der Waals surface area contributed by atoms with Crippen LogP contribution in [0.5, 0.6) is 0 Å². The van der Waals surface area contributed by atoms with E-state index in [-0.39, 0.29) is 5.84 Å². The van der Waals surface area contributed by atoms with E-state index in [0.717, 1.165) is 18.7 Å². The smallest absolute Gasteiger partial charge is 0.122 e. The summed E-state index contributed by atoms with van der Waals surface area (Å²) >= 11 is 0. The number of rotatable bonds is 6. The van der Waals surface area contributed by atoms with Gasteiger partial charge in [0.25, 0.3) is 0 Å². The normalized spacial score (nSPS) is 11.5. The Labute approximate surface area is 111 Å². The Hall–Kier alpha value is -1.35. The molecule has 0 spiro atoms. The summed E-state index contributed by atoms with van der Waals surface area (Å²) in [6.45, 7) is 10.9. The molecule has 0 radical (unpaired) electrons. The molecule has 18 heavy (non-hydrogen) atoms. The van der Waals surface area contributed by atoms with Gasteiger partial charge in [-0.3, -0.25) is 10.3 Å². The number of amidine groups is 1. The van der Waals surface area contributed by atoms with Gasteiger partial charge in [0.15, 0.2) is 0 Å². The van der Waals surface area contributed by atoms with Crippen LogP contribution in [0.15, 0.2) is 24.3 Å². The van der Waals surface area contributed by atoms with Crippen LogP contribution >= 0.6 is 0 Å². The van der Waals surface area contributed by atoms with Gasteiger partial charge in [0.1, 0.15) is 5.84 Å². The van der Waals surface area contributed by atoms with E-state index < -0.39 is 0 Å². The van der Waals surface area contributed by atoms with Gasteiger partial charge in [-0.25, -0.2) is 0 Å².